The van der Waals surface area contributed by atoms with Crippen LogP contribution in [-0.2, 0) is 19.1 Å². The topological polar surface area (TPSA) is 59.0 Å². The summed E-state index contributed by atoms with van der Waals surface area (Å²) in [6.45, 7) is 1.87. The van der Waals surface area contributed by atoms with Gasteiger partial charge in [0.15, 0.2) is 6.04 Å². The first-order valence-electron chi connectivity index (χ1n) is 10.9. The second-order valence-electron chi connectivity index (χ2n) is 8.31. The quantitative estimate of drug-likeness (QED) is 0.423. The maximum atomic E-state index is 13.9. The van der Waals surface area contributed by atoms with Crippen molar-refractivity contribution in [3.05, 3.63) is 82.5 Å². The van der Waals surface area contributed by atoms with Crippen LogP contribution in [0.15, 0.2) is 54.7 Å². The smallest absolute Gasteiger partial charge is 0.363 e. The molecular formula is C24H22F6N4O. The van der Waals surface area contributed by atoms with E-state index < -0.39 is 35.9 Å². The maximum absolute atomic E-state index is 13.9. The number of amides is 1. The van der Waals surface area contributed by atoms with Gasteiger partial charge in [-0.15, -0.1) is 0 Å². The Hall–Kier alpha value is -3.50. The second-order valence-corrected chi connectivity index (χ2v) is 8.31. The molecule has 0 fully saturated rings. The highest BCUT2D eigenvalue weighted by atomic mass is 19.4. The molecule has 2 heterocycles. The van der Waals surface area contributed by atoms with Gasteiger partial charge in [-0.2, -0.15) is 31.4 Å². The van der Waals surface area contributed by atoms with E-state index >= 15 is 0 Å². The first-order chi connectivity index (χ1) is 16.5. The van der Waals surface area contributed by atoms with E-state index in [1.807, 2.05) is 19.1 Å². The molecule has 0 aliphatic carbocycles. The van der Waals surface area contributed by atoms with Crippen molar-refractivity contribution in [2.75, 3.05) is 5.32 Å². The summed E-state index contributed by atoms with van der Waals surface area (Å²) in [4.78, 5) is 12.8. The summed E-state index contributed by atoms with van der Waals surface area (Å²) in [6, 6.07) is 8.85. The van der Waals surface area contributed by atoms with Gasteiger partial charge in [0.05, 0.1) is 17.8 Å². The van der Waals surface area contributed by atoms with Crippen molar-refractivity contribution in [1.82, 2.24) is 15.1 Å². The van der Waals surface area contributed by atoms with Gasteiger partial charge in [0.2, 0.25) is 0 Å². The van der Waals surface area contributed by atoms with Gasteiger partial charge in [-0.1, -0.05) is 43.3 Å². The number of nitrogens with zero attached hydrogens (tertiary/aromatic N) is 2. The zero-order valence-corrected chi connectivity index (χ0v) is 18.5. The van der Waals surface area contributed by atoms with E-state index in [0.717, 1.165) is 35.0 Å². The van der Waals surface area contributed by atoms with E-state index in [1.165, 1.54) is 12.1 Å². The molecular weight excluding hydrogens is 474 g/mol. The highest BCUT2D eigenvalue weighted by molar-refractivity contribution is 5.98. The minimum atomic E-state index is -4.58. The third kappa shape index (κ3) is 5.28. The molecule has 0 radical (unpaired) electrons. The van der Waals surface area contributed by atoms with Crippen LogP contribution < -0.4 is 10.6 Å². The number of aromatic nitrogens is 2. The zero-order chi connectivity index (χ0) is 25.4. The molecule has 0 saturated carbocycles. The normalized spacial score (nSPS) is 18.0. The Balaban J connectivity index is 1.55. The Morgan fingerprint density at radius 1 is 1.03 bits per heavy atom. The Morgan fingerprint density at radius 3 is 2.23 bits per heavy atom. The molecule has 35 heavy (non-hydrogen) atoms. The van der Waals surface area contributed by atoms with Gasteiger partial charge in [0, 0.05) is 13.0 Å². The van der Waals surface area contributed by atoms with Gasteiger partial charge < -0.3 is 10.6 Å². The second kappa shape index (κ2) is 9.27. The summed E-state index contributed by atoms with van der Waals surface area (Å²) in [5.41, 5.74) is 1.20. The first-order valence-corrected chi connectivity index (χ1v) is 10.9. The summed E-state index contributed by atoms with van der Waals surface area (Å²) in [7, 11) is 0. The number of fused-ring (bicyclic) bond motifs is 1. The van der Waals surface area contributed by atoms with E-state index in [9.17, 15) is 31.1 Å². The van der Waals surface area contributed by atoms with Crippen molar-refractivity contribution < 1.29 is 31.1 Å². The minimum Gasteiger partial charge on any atom is -0.363 e. The van der Waals surface area contributed by atoms with Crippen molar-refractivity contribution in [3.8, 4) is 0 Å². The maximum Gasteiger partial charge on any atom is 0.416 e. The van der Waals surface area contributed by atoms with Crippen LogP contribution in [0.4, 0.5) is 32.2 Å². The molecule has 0 bridgehead atoms. The third-order valence-electron chi connectivity index (χ3n) is 6.01. The van der Waals surface area contributed by atoms with Gasteiger partial charge in [-0.05, 0) is 35.2 Å². The number of aryl methyl sites for hydroxylation is 1. The summed E-state index contributed by atoms with van der Waals surface area (Å²) < 4.78 is 80.5. The fraction of sp³-hybridized carbons (Fsp3) is 0.333. The lowest BCUT2D eigenvalue weighted by Gasteiger charge is -2.34. The molecule has 1 aliphatic heterocycles. The van der Waals surface area contributed by atoms with E-state index in [1.54, 1.807) is 12.1 Å². The molecule has 1 amide bonds. The van der Waals surface area contributed by atoms with E-state index in [-0.39, 0.29) is 24.3 Å². The molecule has 2 unspecified atom stereocenters. The predicted molar refractivity (Wildman–Crippen MR) is 117 cm³/mol. The van der Waals surface area contributed by atoms with Crippen LogP contribution in [0.25, 0.3) is 0 Å². The molecule has 1 aliphatic rings. The van der Waals surface area contributed by atoms with Gasteiger partial charge >= 0.3 is 12.4 Å². The number of benzene rings is 2. The Morgan fingerprint density at radius 2 is 1.66 bits per heavy atom. The average molecular weight is 496 g/mol. The van der Waals surface area contributed by atoms with Crippen molar-refractivity contribution in [2.24, 2.45) is 0 Å². The van der Waals surface area contributed by atoms with Crippen LogP contribution >= 0.6 is 0 Å². The molecule has 3 aromatic rings. The zero-order valence-electron chi connectivity index (χ0n) is 18.5. The Labute approximate surface area is 197 Å². The van der Waals surface area contributed by atoms with Crippen LogP contribution in [0.3, 0.4) is 0 Å². The number of nitrogens with one attached hydrogen (secondary N) is 2. The molecule has 186 valence electrons. The predicted octanol–water partition coefficient (Wildman–Crippen LogP) is 6.05. The number of hydrogen-bond acceptors (Lipinski definition) is 3. The monoisotopic (exact) mass is 496 g/mol. The summed E-state index contributed by atoms with van der Waals surface area (Å²) >= 11 is 0. The van der Waals surface area contributed by atoms with Crippen LogP contribution in [0, 0.1) is 0 Å². The third-order valence-corrected chi connectivity index (χ3v) is 6.01. The molecule has 5 nitrogen and oxygen atoms in total. The Bertz CT molecular complexity index is 1180. The standard InChI is InChI=1S/C24H22F6N4O/c1-2-14-3-7-16(8-4-14)19-11-20(24(28,29)30)34-21(33-19)18(13-32-34)22(35)31-12-15-5-9-17(10-6-15)23(25,26)27/h3-10,13,19-20,33H,2,11-12H2,1H3,(H,31,35). The average Bonchev–Trinajstić information content (AvgIpc) is 3.25. The molecule has 2 N–H and O–H groups in total. The lowest BCUT2D eigenvalue weighted by molar-refractivity contribution is -0.173. The van der Waals surface area contributed by atoms with Gasteiger partial charge in [0.1, 0.15) is 11.4 Å². The minimum absolute atomic E-state index is 0.0620. The van der Waals surface area contributed by atoms with Crippen LogP contribution in [0.5, 0.6) is 0 Å². The number of carbonyl (C=O) groups is 1. The number of hydrogen-bond donors (Lipinski definition) is 2. The van der Waals surface area contributed by atoms with Crippen molar-refractivity contribution in [2.45, 2.75) is 50.7 Å². The van der Waals surface area contributed by atoms with E-state index in [2.05, 4.69) is 15.7 Å². The van der Waals surface area contributed by atoms with Crippen LogP contribution in [-0.4, -0.2) is 21.9 Å². The molecule has 0 saturated heterocycles. The summed E-state index contributed by atoms with van der Waals surface area (Å²) in [5, 5.41) is 9.38. The molecule has 0 spiro atoms. The largest absolute Gasteiger partial charge is 0.416 e. The lowest BCUT2D eigenvalue weighted by Crippen LogP contribution is -2.36. The highest BCUT2D eigenvalue weighted by Gasteiger charge is 2.47. The number of halogens is 6. The van der Waals surface area contributed by atoms with Crippen molar-refractivity contribution in [3.63, 3.8) is 0 Å². The molecule has 11 heteroatoms. The van der Waals surface area contributed by atoms with Gasteiger partial charge in [-0.25, -0.2) is 4.68 Å². The van der Waals surface area contributed by atoms with Crippen LogP contribution in [0.1, 0.15) is 58.0 Å². The van der Waals surface area contributed by atoms with Gasteiger partial charge in [-0.3, -0.25) is 4.79 Å². The van der Waals surface area contributed by atoms with E-state index in [0.29, 0.717) is 11.1 Å². The van der Waals surface area contributed by atoms with Crippen molar-refractivity contribution in [1.29, 1.82) is 0 Å². The van der Waals surface area contributed by atoms with Gasteiger partial charge in [0.25, 0.3) is 5.91 Å². The SMILES string of the molecule is CCc1ccc(C2CC(C(F)(F)F)n3ncc(C(=O)NCc4ccc(C(F)(F)F)cc4)c3N2)cc1. The summed E-state index contributed by atoms with van der Waals surface area (Å²) in [5.74, 6) is -0.755. The Kier molecular flexibility index (Phi) is 6.52. The number of rotatable bonds is 5. The van der Waals surface area contributed by atoms with Crippen molar-refractivity contribution >= 4 is 11.7 Å². The number of anilines is 1. The fourth-order valence-electron chi connectivity index (χ4n) is 4.02. The molecule has 2 atom stereocenters. The molecule has 2 aromatic carbocycles. The number of carbonyl (C=O) groups excluding carboxylic acids is 1. The summed E-state index contributed by atoms with van der Waals surface area (Å²) in [6.07, 6.45) is -7.51. The first kappa shape index (κ1) is 24.6. The molecule has 4 rings (SSSR count). The fourth-order valence-corrected chi connectivity index (χ4v) is 4.02. The molecule has 1 aromatic heterocycles. The highest BCUT2D eigenvalue weighted by Crippen LogP contribution is 2.44. The number of alkyl halides is 6. The van der Waals surface area contributed by atoms with Crippen LogP contribution in [0.2, 0.25) is 0 Å². The lowest BCUT2D eigenvalue weighted by atomic mass is 9.95. The van der Waals surface area contributed by atoms with E-state index in [4.69, 9.17) is 0 Å².